The van der Waals surface area contributed by atoms with E-state index in [1.54, 1.807) is 5.38 Å². The van der Waals surface area contributed by atoms with Crippen LogP contribution in [-0.2, 0) is 6.54 Å². The van der Waals surface area contributed by atoms with Crippen LogP contribution in [0.2, 0.25) is 0 Å². The second-order valence-corrected chi connectivity index (χ2v) is 3.28. The summed E-state index contributed by atoms with van der Waals surface area (Å²) in [5, 5.41) is 11.4. The fraction of sp³-hybridized carbons (Fsp3) is 0.500. The molecule has 0 atom stereocenters. The highest BCUT2D eigenvalue weighted by molar-refractivity contribution is 7.09. The Morgan fingerprint density at radius 1 is 1.70 bits per heavy atom. The molecule has 4 heteroatoms. The number of nitrogens with zero attached hydrogens (tertiary/aromatic N) is 2. The lowest BCUT2D eigenvalue weighted by Gasteiger charge is -2.04. The van der Waals surface area contributed by atoms with E-state index >= 15 is 0 Å². The first-order valence-corrected chi connectivity index (χ1v) is 3.84. The molecular weight excluding hydrogens is 148 g/mol. The Morgan fingerprint density at radius 3 is 2.80 bits per heavy atom. The summed E-state index contributed by atoms with van der Waals surface area (Å²) in [4.78, 5) is 5.90. The van der Waals surface area contributed by atoms with E-state index in [9.17, 15) is 0 Å². The van der Waals surface area contributed by atoms with Gasteiger partial charge in [0.05, 0.1) is 5.38 Å². The Bertz CT molecular complexity index is 209. The Morgan fingerprint density at radius 2 is 2.40 bits per heavy atom. The van der Waals surface area contributed by atoms with Gasteiger partial charge in [0.1, 0.15) is 5.01 Å². The summed E-state index contributed by atoms with van der Waals surface area (Å²) >= 11 is 1.48. The van der Waals surface area contributed by atoms with Crippen LogP contribution in [0, 0.1) is 0 Å². The van der Waals surface area contributed by atoms with Gasteiger partial charge in [-0.2, -0.15) is 0 Å². The molecule has 0 saturated heterocycles. The summed E-state index contributed by atoms with van der Waals surface area (Å²) in [5.74, 6) is 0.127. The number of aromatic nitrogens is 1. The van der Waals surface area contributed by atoms with Crippen molar-refractivity contribution in [1.82, 2.24) is 9.88 Å². The van der Waals surface area contributed by atoms with E-state index in [4.69, 9.17) is 5.11 Å². The van der Waals surface area contributed by atoms with Gasteiger partial charge in [0.15, 0.2) is 0 Å². The maximum atomic E-state index is 8.85. The van der Waals surface area contributed by atoms with Crippen LogP contribution in [0.5, 0.6) is 5.88 Å². The van der Waals surface area contributed by atoms with Gasteiger partial charge < -0.3 is 10.0 Å². The highest BCUT2D eigenvalue weighted by atomic mass is 32.1. The van der Waals surface area contributed by atoms with Crippen molar-refractivity contribution in [3.63, 3.8) is 0 Å². The summed E-state index contributed by atoms with van der Waals surface area (Å²) in [5.41, 5.74) is 0. The quantitative estimate of drug-likeness (QED) is 0.695. The number of rotatable bonds is 2. The molecule has 0 bridgehead atoms. The topological polar surface area (TPSA) is 36.4 Å². The van der Waals surface area contributed by atoms with Crippen molar-refractivity contribution in [2.45, 2.75) is 6.54 Å². The van der Waals surface area contributed by atoms with Gasteiger partial charge in [0, 0.05) is 6.54 Å². The number of aromatic hydroxyl groups is 1. The van der Waals surface area contributed by atoms with Gasteiger partial charge in [-0.25, -0.2) is 4.98 Å². The molecule has 0 fully saturated rings. The van der Waals surface area contributed by atoms with Gasteiger partial charge >= 0.3 is 0 Å². The zero-order chi connectivity index (χ0) is 7.56. The second-order valence-electron chi connectivity index (χ2n) is 2.34. The van der Waals surface area contributed by atoms with Crippen LogP contribution < -0.4 is 0 Å². The van der Waals surface area contributed by atoms with E-state index in [0.29, 0.717) is 0 Å². The minimum Gasteiger partial charge on any atom is -0.493 e. The van der Waals surface area contributed by atoms with E-state index in [1.807, 2.05) is 19.0 Å². The van der Waals surface area contributed by atoms with Crippen molar-refractivity contribution in [1.29, 1.82) is 0 Å². The summed E-state index contributed by atoms with van der Waals surface area (Å²) in [6.45, 7) is 0.797. The van der Waals surface area contributed by atoms with Crippen molar-refractivity contribution in [3.8, 4) is 5.88 Å². The van der Waals surface area contributed by atoms with E-state index in [2.05, 4.69) is 4.98 Å². The van der Waals surface area contributed by atoms with Gasteiger partial charge in [0.25, 0.3) is 0 Å². The summed E-state index contributed by atoms with van der Waals surface area (Å²) < 4.78 is 0. The zero-order valence-corrected chi connectivity index (χ0v) is 6.85. The number of hydrogen-bond acceptors (Lipinski definition) is 4. The third-order valence-electron chi connectivity index (χ3n) is 0.991. The maximum Gasteiger partial charge on any atom is 0.222 e. The van der Waals surface area contributed by atoms with Crippen molar-refractivity contribution in [3.05, 3.63) is 10.4 Å². The van der Waals surface area contributed by atoms with Crippen molar-refractivity contribution < 1.29 is 5.11 Å². The minimum atomic E-state index is 0.127. The van der Waals surface area contributed by atoms with Crippen LogP contribution in [0.1, 0.15) is 5.01 Å². The molecule has 0 aliphatic rings. The van der Waals surface area contributed by atoms with Gasteiger partial charge in [0.2, 0.25) is 5.88 Å². The third kappa shape index (κ3) is 1.97. The predicted octanol–water partition coefficient (Wildman–Crippen LogP) is 0.910. The molecule has 10 heavy (non-hydrogen) atoms. The largest absolute Gasteiger partial charge is 0.493 e. The normalized spacial score (nSPS) is 10.7. The van der Waals surface area contributed by atoms with Crippen molar-refractivity contribution >= 4 is 11.3 Å². The van der Waals surface area contributed by atoms with Gasteiger partial charge in [-0.15, -0.1) is 11.3 Å². The lowest BCUT2D eigenvalue weighted by molar-refractivity contribution is 0.396. The van der Waals surface area contributed by atoms with Crippen LogP contribution in [0.15, 0.2) is 5.38 Å². The molecule has 0 saturated carbocycles. The van der Waals surface area contributed by atoms with Crippen LogP contribution >= 0.6 is 11.3 Å². The molecule has 0 amide bonds. The van der Waals surface area contributed by atoms with E-state index in [-0.39, 0.29) is 5.88 Å². The molecule has 1 rings (SSSR count). The molecule has 0 unspecified atom stereocenters. The molecule has 0 aromatic carbocycles. The molecular formula is C6H10N2OS. The first-order valence-electron chi connectivity index (χ1n) is 2.96. The fourth-order valence-corrected chi connectivity index (χ4v) is 1.42. The van der Waals surface area contributed by atoms with E-state index in [0.717, 1.165) is 11.6 Å². The minimum absolute atomic E-state index is 0.127. The fourth-order valence-electron chi connectivity index (χ4n) is 0.644. The number of hydrogen-bond donors (Lipinski definition) is 1. The highest BCUT2D eigenvalue weighted by Crippen LogP contribution is 2.14. The summed E-state index contributed by atoms with van der Waals surface area (Å²) in [6.07, 6.45) is 0. The molecule has 1 aromatic heterocycles. The van der Waals surface area contributed by atoms with Crippen molar-refractivity contribution in [2.24, 2.45) is 0 Å². The molecule has 56 valence electrons. The summed E-state index contributed by atoms with van der Waals surface area (Å²) in [6, 6.07) is 0. The number of thiazole rings is 1. The molecule has 0 spiro atoms. The maximum absolute atomic E-state index is 8.85. The molecule has 3 nitrogen and oxygen atoms in total. The molecule has 1 N–H and O–H groups in total. The highest BCUT2D eigenvalue weighted by Gasteiger charge is 1.99. The standard InChI is InChI=1S/C6H10N2OS/c1-8(2)3-6-7-5(9)4-10-6/h4,9H,3H2,1-2H3. The lowest BCUT2D eigenvalue weighted by atomic mass is 10.6. The molecule has 1 heterocycles. The zero-order valence-electron chi connectivity index (χ0n) is 6.03. The van der Waals surface area contributed by atoms with Gasteiger partial charge in [-0.05, 0) is 14.1 Å². The predicted molar refractivity (Wildman–Crippen MR) is 41.2 cm³/mol. The van der Waals surface area contributed by atoms with Crippen molar-refractivity contribution in [2.75, 3.05) is 14.1 Å². The van der Waals surface area contributed by atoms with E-state index < -0.39 is 0 Å². The lowest BCUT2D eigenvalue weighted by Crippen LogP contribution is -2.09. The Kier molecular flexibility index (Phi) is 2.24. The molecule has 0 radical (unpaired) electrons. The summed E-state index contributed by atoms with van der Waals surface area (Å²) in [7, 11) is 3.94. The van der Waals surface area contributed by atoms with Crippen LogP contribution in [0.25, 0.3) is 0 Å². The first kappa shape index (κ1) is 7.50. The van der Waals surface area contributed by atoms with E-state index in [1.165, 1.54) is 11.3 Å². The van der Waals surface area contributed by atoms with Gasteiger partial charge in [-0.1, -0.05) is 0 Å². The van der Waals surface area contributed by atoms with Crippen LogP contribution in [-0.4, -0.2) is 29.1 Å². The molecule has 0 aliphatic carbocycles. The Hall–Kier alpha value is -0.610. The van der Waals surface area contributed by atoms with Crippen LogP contribution in [0.3, 0.4) is 0 Å². The second kappa shape index (κ2) is 2.98. The molecule has 0 aliphatic heterocycles. The molecule has 1 aromatic rings. The Labute approximate surface area is 63.9 Å². The van der Waals surface area contributed by atoms with Gasteiger partial charge in [-0.3, -0.25) is 0 Å². The average Bonchev–Trinajstić information content (AvgIpc) is 2.13. The third-order valence-corrected chi connectivity index (χ3v) is 1.81. The average molecular weight is 158 g/mol. The first-order chi connectivity index (χ1) is 4.68. The smallest absolute Gasteiger partial charge is 0.222 e. The monoisotopic (exact) mass is 158 g/mol. The Balaban J connectivity index is 2.58. The SMILES string of the molecule is CN(C)Cc1nc(O)cs1. The van der Waals surface area contributed by atoms with Crippen LogP contribution in [0.4, 0.5) is 0 Å².